The monoisotopic (exact) mass is 278 g/mol. The van der Waals surface area contributed by atoms with Gasteiger partial charge in [0.1, 0.15) is 0 Å². The zero-order valence-corrected chi connectivity index (χ0v) is 12.8. The second-order valence-electron chi connectivity index (χ2n) is 5.74. The number of rotatable bonds is 6. The summed E-state index contributed by atoms with van der Waals surface area (Å²) in [6.07, 6.45) is 0.881. The van der Waals surface area contributed by atoms with E-state index in [4.69, 9.17) is 5.11 Å². The van der Waals surface area contributed by atoms with Gasteiger partial charge in [0.2, 0.25) is 0 Å². The van der Waals surface area contributed by atoms with Gasteiger partial charge in [-0.25, -0.2) is 4.79 Å². The van der Waals surface area contributed by atoms with E-state index in [9.17, 15) is 4.79 Å². The number of nitrogens with one attached hydrogen (secondary N) is 2. The maximum absolute atomic E-state index is 12.0. The molecule has 20 heavy (non-hydrogen) atoms. The summed E-state index contributed by atoms with van der Waals surface area (Å²) < 4.78 is 0. The van der Waals surface area contributed by atoms with Crippen molar-refractivity contribution in [2.24, 2.45) is 5.92 Å². The van der Waals surface area contributed by atoms with Gasteiger partial charge in [-0.1, -0.05) is 38.1 Å². The number of aryl methyl sites for hydroxylation is 1. The van der Waals surface area contributed by atoms with Gasteiger partial charge < -0.3 is 15.7 Å². The lowest BCUT2D eigenvalue weighted by Gasteiger charge is -2.24. The Kier molecular flexibility index (Phi) is 6.52. The highest BCUT2D eigenvalue weighted by atomic mass is 16.3. The molecule has 0 saturated carbocycles. The first-order chi connectivity index (χ1) is 9.43. The summed E-state index contributed by atoms with van der Waals surface area (Å²) in [4.78, 5) is 12.0. The molecule has 0 saturated heterocycles. The van der Waals surface area contributed by atoms with Crippen molar-refractivity contribution in [3.63, 3.8) is 0 Å². The van der Waals surface area contributed by atoms with Crippen molar-refractivity contribution < 1.29 is 9.90 Å². The average molecular weight is 278 g/mol. The Morgan fingerprint density at radius 2 is 1.85 bits per heavy atom. The Hall–Kier alpha value is -1.55. The van der Waals surface area contributed by atoms with Crippen molar-refractivity contribution in [2.75, 3.05) is 6.61 Å². The molecule has 0 aliphatic carbocycles. The molecule has 0 aromatic heterocycles. The summed E-state index contributed by atoms with van der Waals surface area (Å²) in [6.45, 7) is 8.04. The predicted octanol–water partition coefficient (Wildman–Crippen LogP) is 2.76. The van der Waals surface area contributed by atoms with Gasteiger partial charge in [0.05, 0.1) is 18.7 Å². The standard InChI is InChI=1S/C16H26N2O2/c1-11(2)9-15(14-8-6-5-7-12(14)3)18-16(20)17-13(4)10-19/h5-8,11,13,15,19H,9-10H2,1-4H3,(H2,17,18,20)/t13-,15?/m0/s1. The first-order valence-corrected chi connectivity index (χ1v) is 7.17. The molecular formula is C16H26N2O2. The molecule has 0 aliphatic heterocycles. The summed E-state index contributed by atoms with van der Waals surface area (Å²) >= 11 is 0. The zero-order valence-electron chi connectivity index (χ0n) is 12.8. The summed E-state index contributed by atoms with van der Waals surface area (Å²) in [5.41, 5.74) is 2.32. The minimum absolute atomic E-state index is 0.0120. The largest absolute Gasteiger partial charge is 0.394 e. The van der Waals surface area contributed by atoms with Crippen LogP contribution in [0.15, 0.2) is 24.3 Å². The average Bonchev–Trinajstić information content (AvgIpc) is 2.37. The first kappa shape index (κ1) is 16.5. The topological polar surface area (TPSA) is 61.4 Å². The highest BCUT2D eigenvalue weighted by molar-refractivity contribution is 5.74. The molecule has 0 heterocycles. The van der Waals surface area contributed by atoms with Gasteiger partial charge in [0.25, 0.3) is 0 Å². The summed E-state index contributed by atoms with van der Waals surface area (Å²) in [5, 5.41) is 14.7. The molecule has 2 atom stereocenters. The fourth-order valence-corrected chi connectivity index (χ4v) is 2.18. The molecule has 1 aromatic rings. The second-order valence-corrected chi connectivity index (χ2v) is 5.74. The minimum Gasteiger partial charge on any atom is -0.394 e. The third kappa shape index (κ3) is 5.21. The molecule has 4 heteroatoms. The predicted molar refractivity (Wildman–Crippen MR) is 81.6 cm³/mol. The molecule has 0 radical (unpaired) electrons. The van der Waals surface area contributed by atoms with Crippen LogP contribution in [0.1, 0.15) is 44.4 Å². The van der Waals surface area contributed by atoms with Crippen molar-refractivity contribution in [2.45, 2.75) is 46.2 Å². The van der Waals surface area contributed by atoms with E-state index in [1.54, 1.807) is 6.92 Å². The van der Waals surface area contributed by atoms with Crippen LogP contribution in [0.25, 0.3) is 0 Å². The number of hydrogen-bond acceptors (Lipinski definition) is 2. The molecule has 3 N–H and O–H groups in total. The van der Waals surface area contributed by atoms with E-state index in [1.165, 1.54) is 5.56 Å². The number of urea groups is 1. The fourth-order valence-electron chi connectivity index (χ4n) is 2.18. The Bertz CT molecular complexity index is 432. The van der Waals surface area contributed by atoms with Crippen LogP contribution in [0.5, 0.6) is 0 Å². The lowest BCUT2D eigenvalue weighted by atomic mass is 9.94. The fraction of sp³-hybridized carbons (Fsp3) is 0.562. The molecule has 1 rings (SSSR count). The van der Waals surface area contributed by atoms with E-state index >= 15 is 0 Å². The number of hydrogen-bond donors (Lipinski definition) is 3. The maximum Gasteiger partial charge on any atom is 0.315 e. The van der Waals surface area contributed by atoms with Crippen LogP contribution in [0, 0.1) is 12.8 Å². The van der Waals surface area contributed by atoms with Gasteiger partial charge >= 0.3 is 6.03 Å². The van der Waals surface area contributed by atoms with Crippen LogP contribution in [0.4, 0.5) is 4.79 Å². The van der Waals surface area contributed by atoms with E-state index in [2.05, 4.69) is 43.5 Å². The minimum atomic E-state index is -0.244. The van der Waals surface area contributed by atoms with E-state index in [0.717, 1.165) is 12.0 Å². The third-order valence-electron chi connectivity index (χ3n) is 3.23. The second kappa shape index (κ2) is 7.90. The normalized spacial score (nSPS) is 13.9. The Morgan fingerprint density at radius 1 is 1.20 bits per heavy atom. The number of carbonyl (C=O) groups excluding carboxylic acids is 1. The highest BCUT2D eigenvalue weighted by Gasteiger charge is 2.18. The van der Waals surface area contributed by atoms with E-state index in [-0.39, 0.29) is 24.7 Å². The van der Waals surface area contributed by atoms with Crippen LogP contribution >= 0.6 is 0 Å². The molecule has 4 nitrogen and oxygen atoms in total. The van der Waals surface area contributed by atoms with Crippen LogP contribution in [-0.2, 0) is 0 Å². The van der Waals surface area contributed by atoms with Gasteiger partial charge in [0, 0.05) is 0 Å². The summed E-state index contributed by atoms with van der Waals surface area (Å²) in [7, 11) is 0. The van der Waals surface area contributed by atoms with Crippen LogP contribution in [0.2, 0.25) is 0 Å². The Morgan fingerprint density at radius 3 is 2.40 bits per heavy atom. The van der Waals surface area contributed by atoms with Crippen molar-refractivity contribution >= 4 is 6.03 Å². The van der Waals surface area contributed by atoms with E-state index in [1.807, 2.05) is 12.1 Å². The van der Waals surface area contributed by atoms with E-state index < -0.39 is 0 Å². The van der Waals surface area contributed by atoms with Gasteiger partial charge in [-0.2, -0.15) is 0 Å². The van der Waals surface area contributed by atoms with Crippen molar-refractivity contribution in [1.82, 2.24) is 10.6 Å². The molecule has 0 fully saturated rings. The molecule has 0 spiro atoms. The number of aliphatic hydroxyl groups is 1. The molecule has 1 unspecified atom stereocenters. The van der Waals surface area contributed by atoms with Gasteiger partial charge in [0.15, 0.2) is 0 Å². The number of aliphatic hydroxyl groups excluding tert-OH is 1. The number of amides is 2. The molecule has 0 bridgehead atoms. The number of carbonyl (C=O) groups is 1. The quantitative estimate of drug-likeness (QED) is 0.749. The summed E-state index contributed by atoms with van der Waals surface area (Å²) in [6, 6.07) is 7.61. The molecular weight excluding hydrogens is 252 g/mol. The molecule has 112 valence electrons. The van der Waals surface area contributed by atoms with Crippen LogP contribution < -0.4 is 10.6 Å². The summed E-state index contributed by atoms with van der Waals surface area (Å²) in [5.74, 6) is 0.482. The van der Waals surface area contributed by atoms with Gasteiger partial charge in [-0.05, 0) is 37.3 Å². The Balaban J connectivity index is 2.80. The Labute approximate surface area is 121 Å². The lowest BCUT2D eigenvalue weighted by molar-refractivity contribution is 0.216. The lowest BCUT2D eigenvalue weighted by Crippen LogP contribution is -2.44. The van der Waals surface area contributed by atoms with Gasteiger partial charge in [-0.15, -0.1) is 0 Å². The molecule has 1 aromatic carbocycles. The van der Waals surface area contributed by atoms with Gasteiger partial charge in [-0.3, -0.25) is 0 Å². The van der Waals surface area contributed by atoms with Crippen molar-refractivity contribution in [3.8, 4) is 0 Å². The van der Waals surface area contributed by atoms with Crippen molar-refractivity contribution in [3.05, 3.63) is 35.4 Å². The molecule has 2 amide bonds. The van der Waals surface area contributed by atoms with Crippen LogP contribution in [-0.4, -0.2) is 23.8 Å². The van der Waals surface area contributed by atoms with Crippen molar-refractivity contribution in [1.29, 1.82) is 0 Å². The van der Waals surface area contributed by atoms with E-state index in [0.29, 0.717) is 5.92 Å². The molecule has 0 aliphatic rings. The zero-order chi connectivity index (χ0) is 15.1. The maximum atomic E-state index is 12.0. The third-order valence-corrected chi connectivity index (χ3v) is 3.23. The highest BCUT2D eigenvalue weighted by Crippen LogP contribution is 2.24. The first-order valence-electron chi connectivity index (χ1n) is 7.17. The smallest absolute Gasteiger partial charge is 0.315 e. The van der Waals surface area contributed by atoms with Crippen LogP contribution in [0.3, 0.4) is 0 Å². The SMILES string of the molecule is Cc1ccccc1C(CC(C)C)NC(=O)N[C@@H](C)CO. The number of benzene rings is 1.